The normalized spacial score (nSPS) is 19.5. The zero-order valence-corrected chi connectivity index (χ0v) is 14.3. The molecular formula is C17H29NO3S. The molecule has 0 radical (unpaired) electrons. The van der Waals surface area contributed by atoms with Gasteiger partial charge in [0.15, 0.2) is 0 Å². The quantitative estimate of drug-likeness (QED) is 0.732. The first-order valence-corrected chi connectivity index (χ1v) is 9.23. The molecule has 1 aromatic rings. The van der Waals surface area contributed by atoms with E-state index < -0.39 is 6.10 Å². The predicted molar refractivity (Wildman–Crippen MR) is 90.1 cm³/mol. The predicted octanol–water partition coefficient (Wildman–Crippen LogP) is 2.64. The fraction of sp³-hybridized carbons (Fsp3) is 0.765. The Bertz CT molecular complexity index is 391. The van der Waals surface area contributed by atoms with Gasteiger partial charge in [0.25, 0.3) is 0 Å². The number of rotatable bonds is 9. The highest BCUT2D eigenvalue weighted by Crippen LogP contribution is 2.23. The summed E-state index contributed by atoms with van der Waals surface area (Å²) in [6, 6.07) is 4.54. The summed E-state index contributed by atoms with van der Waals surface area (Å²) in [6.45, 7) is 3.94. The Morgan fingerprint density at radius 3 is 2.68 bits per heavy atom. The summed E-state index contributed by atoms with van der Waals surface area (Å²) in [5.41, 5.74) is 0. The van der Waals surface area contributed by atoms with Crippen LogP contribution in [0.5, 0.6) is 0 Å². The lowest BCUT2D eigenvalue weighted by Gasteiger charge is -2.36. The minimum atomic E-state index is -0.499. The van der Waals surface area contributed by atoms with E-state index >= 15 is 0 Å². The van der Waals surface area contributed by atoms with Crippen LogP contribution in [0.3, 0.4) is 0 Å². The molecule has 2 unspecified atom stereocenters. The molecule has 5 heteroatoms. The first-order chi connectivity index (χ1) is 10.6. The molecule has 1 heterocycles. The van der Waals surface area contributed by atoms with Crippen molar-refractivity contribution in [1.82, 2.24) is 4.90 Å². The van der Waals surface area contributed by atoms with E-state index in [9.17, 15) is 10.2 Å². The largest absolute Gasteiger partial charge is 0.392 e. The smallest absolute Gasteiger partial charge is 0.0900 e. The van der Waals surface area contributed by atoms with Gasteiger partial charge >= 0.3 is 0 Å². The van der Waals surface area contributed by atoms with Crippen LogP contribution >= 0.6 is 11.3 Å². The van der Waals surface area contributed by atoms with Crippen molar-refractivity contribution < 1.29 is 14.9 Å². The zero-order chi connectivity index (χ0) is 15.8. The number of thiophene rings is 1. The lowest BCUT2D eigenvalue weighted by Crippen LogP contribution is -2.45. The van der Waals surface area contributed by atoms with Crippen LogP contribution in [-0.2, 0) is 11.3 Å². The van der Waals surface area contributed by atoms with E-state index in [0.29, 0.717) is 32.3 Å². The van der Waals surface area contributed by atoms with Crippen LogP contribution in [0, 0.1) is 0 Å². The maximum absolute atomic E-state index is 10.2. The second-order valence-electron chi connectivity index (χ2n) is 6.34. The third kappa shape index (κ3) is 6.34. The van der Waals surface area contributed by atoms with Crippen LogP contribution in [0.25, 0.3) is 0 Å². The highest BCUT2D eigenvalue weighted by Gasteiger charge is 2.24. The first-order valence-electron chi connectivity index (χ1n) is 8.35. The van der Waals surface area contributed by atoms with Gasteiger partial charge in [0, 0.05) is 24.0 Å². The summed E-state index contributed by atoms with van der Waals surface area (Å²) in [5.74, 6) is 0. The van der Waals surface area contributed by atoms with Crippen molar-refractivity contribution in [2.45, 2.75) is 63.9 Å². The minimum Gasteiger partial charge on any atom is -0.392 e. The Morgan fingerprint density at radius 1 is 1.27 bits per heavy atom. The highest BCUT2D eigenvalue weighted by molar-refractivity contribution is 7.09. The van der Waals surface area contributed by atoms with E-state index in [4.69, 9.17) is 4.74 Å². The molecule has 1 aliphatic rings. The average molecular weight is 327 g/mol. The standard InChI is InChI=1S/C17H29NO3S/c1-14(19)10-18(15-6-3-2-4-7-15)11-16(20)12-21-13-17-8-5-9-22-17/h5,8-9,14-16,19-20H,2-4,6-7,10-13H2,1H3. The van der Waals surface area contributed by atoms with Crippen LogP contribution < -0.4 is 0 Å². The lowest BCUT2D eigenvalue weighted by atomic mass is 9.93. The Hall–Kier alpha value is -0.460. The Kier molecular flexibility index (Phi) is 7.83. The highest BCUT2D eigenvalue weighted by atomic mass is 32.1. The number of ether oxygens (including phenoxy) is 1. The maximum Gasteiger partial charge on any atom is 0.0900 e. The van der Waals surface area contributed by atoms with Crippen molar-refractivity contribution in [3.05, 3.63) is 22.4 Å². The fourth-order valence-electron chi connectivity index (χ4n) is 3.17. The van der Waals surface area contributed by atoms with Crippen molar-refractivity contribution in [2.24, 2.45) is 0 Å². The number of aliphatic hydroxyl groups is 2. The molecular weight excluding hydrogens is 298 g/mol. The molecule has 0 saturated heterocycles. The van der Waals surface area contributed by atoms with Gasteiger partial charge in [-0.2, -0.15) is 0 Å². The summed E-state index contributed by atoms with van der Waals surface area (Å²) in [4.78, 5) is 3.43. The number of aliphatic hydroxyl groups excluding tert-OH is 2. The monoisotopic (exact) mass is 327 g/mol. The van der Waals surface area contributed by atoms with Crippen LogP contribution in [0.2, 0.25) is 0 Å². The Labute approximate surface area is 137 Å². The molecule has 1 fully saturated rings. The van der Waals surface area contributed by atoms with Gasteiger partial charge in [-0.3, -0.25) is 4.90 Å². The van der Waals surface area contributed by atoms with Crippen LogP contribution in [0.1, 0.15) is 43.9 Å². The van der Waals surface area contributed by atoms with Crippen molar-refractivity contribution >= 4 is 11.3 Å². The van der Waals surface area contributed by atoms with Gasteiger partial charge in [-0.1, -0.05) is 25.3 Å². The third-order valence-electron chi connectivity index (χ3n) is 4.17. The zero-order valence-electron chi connectivity index (χ0n) is 13.5. The van der Waals surface area contributed by atoms with Crippen molar-refractivity contribution in [2.75, 3.05) is 19.7 Å². The van der Waals surface area contributed by atoms with E-state index in [1.54, 1.807) is 11.3 Å². The summed E-state index contributed by atoms with van der Waals surface area (Å²) >= 11 is 1.67. The summed E-state index contributed by atoms with van der Waals surface area (Å²) in [6.07, 6.45) is 5.32. The van der Waals surface area contributed by atoms with Crippen LogP contribution in [0.15, 0.2) is 17.5 Å². The SMILES string of the molecule is CC(O)CN(CC(O)COCc1cccs1)C1CCCCC1. The number of hydrogen-bond donors (Lipinski definition) is 2. The van der Waals surface area contributed by atoms with Gasteiger partial charge in [-0.15, -0.1) is 11.3 Å². The molecule has 0 bridgehead atoms. The van der Waals surface area contributed by atoms with Gasteiger partial charge in [-0.05, 0) is 31.2 Å². The molecule has 126 valence electrons. The van der Waals surface area contributed by atoms with Crippen molar-refractivity contribution in [1.29, 1.82) is 0 Å². The van der Waals surface area contributed by atoms with Crippen molar-refractivity contribution in [3.8, 4) is 0 Å². The lowest BCUT2D eigenvalue weighted by molar-refractivity contribution is -0.0103. The van der Waals surface area contributed by atoms with E-state index in [2.05, 4.69) is 4.90 Å². The summed E-state index contributed by atoms with van der Waals surface area (Å²) < 4.78 is 5.60. The van der Waals surface area contributed by atoms with E-state index in [0.717, 1.165) is 0 Å². The second-order valence-corrected chi connectivity index (χ2v) is 7.38. The van der Waals surface area contributed by atoms with Gasteiger partial charge < -0.3 is 14.9 Å². The fourth-order valence-corrected chi connectivity index (χ4v) is 3.81. The van der Waals surface area contributed by atoms with E-state index in [1.165, 1.54) is 37.0 Å². The van der Waals surface area contributed by atoms with Gasteiger partial charge in [0.1, 0.15) is 0 Å². The van der Waals surface area contributed by atoms with Gasteiger partial charge in [-0.25, -0.2) is 0 Å². The summed E-state index contributed by atoms with van der Waals surface area (Å²) in [5, 5.41) is 22.0. The molecule has 22 heavy (non-hydrogen) atoms. The first kappa shape index (κ1) is 17.9. The third-order valence-corrected chi connectivity index (χ3v) is 5.02. The molecule has 4 nitrogen and oxygen atoms in total. The molecule has 1 aliphatic carbocycles. The number of nitrogens with zero attached hydrogens (tertiary/aromatic N) is 1. The molecule has 0 aliphatic heterocycles. The molecule has 0 aromatic carbocycles. The van der Waals surface area contributed by atoms with Crippen LogP contribution in [-0.4, -0.2) is 53.1 Å². The van der Waals surface area contributed by atoms with Gasteiger partial charge in [0.2, 0.25) is 0 Å². The molecule has 2 N–H and O–H groups in total. The van der Waals surface area contributed by atoms with Crippen molar-refractivity contribution in [3.63, 3.8) is 0 Å². The van der Waals surface area contributed by atoms with Crippen LogP contribution in [0.4, 0.5) is 0 Å². The molecule has 1 saturated carbocycles. The molecule has 2 atom stereocenters. The summed E-state index contributed by atoms with van der Waals surface area (Å²) in [7, 11) is 0. The Morgan fingerprint density at radius 2 is 2.05 bits per heavy atom. The van der Waals surface area contributed by atoms with E-state index in [-0.39, 0.29) is 6.10 Å². The average Bonchev–Trinajstić information content (AvgIpc) is 3.00. The van der Waals surface area contributed by atoms with E-state index in [1.807, 2.05) is 24.4 Å². The molecule has 0 amide bonds. The topological polar surface area (TPSA) is 52.9 Å². The minimum absolute atomic E-state index is 0.348. The second kappa shape index (κ2) is 9.63. The van der Waals surface area contributed by atoms with Gasteiger partial charge in [0.05, 0.1) is 25.4 Å². The number of hydrogen-bond acceptors (Lipinski definition) is 5. The maximum atomic E-state index is 10.2. The molecule has 1 aromatic heterocycles. The molecule has 0 spiro atoms. The molecule has 2 rings (SSSR count). The Balaban J connectivity index is 1.75.